The summed E-state index contributed by atoms with van der Waals surface area (Å²) in [6.45, 7) is 4.32. The van der Waals surface area contributed by atoms with E-state index >= 15 is 0 Å². The van der Waals surface area contributed by atoms with E-state index in [2.05, 4.69) is 10.4 Å². The fourth-order valence-electron chi connectivity index (χ4n) is 1.84. The van der Waals surface area contributed by atoms with Crippen LogP contribution in [0.5, 0.6) is 0 Å². The quantitative estimate of drug-likeness (QED) is 0.919. The molecule has 7 heteroatoms. The van der Waals surface area contributed by atoms with Crippen LogP contribution in [-0.4, -0.2) is 15.7 Å². The van der Waals surface area contributed by atoms with Crippen molar-refractivity contribution in [1.29, 1.82) is 0 Å². The minimum atomic E-state index is -0.308. The second-order valence-electron chi connectivity index (χ2n) is 4.62. The van der Waals surface area contributed by atoms with Crippen molar-refractivity contribution in [3.05, 3.63) is 49.5 Å². The van der Waals surface area contributed by atoms with Crippen LogP contribution in [0.3, 0.4) is 0 Å². The number of aryl methyl sites for hydroxylation is 1. The zero-order valence-corrected chi connectivity index (χ0v) is 13.4. The fraction of sp³-hybridized carbons (Fsp3) is 0.357. The van der Waals surface area contributed by atoms with Gasteiger partial charge in [-0.3, -0.25) is 9.59 Å². The average Bonchev–Trinajstić information content (AvgIpc) is 2.88. The number of nitrogens with zero attached hydrogens (tertiary/aromatic N) is 2. The fourth-order valence-corrected chi connectivity index (χ4v) is 2.91. The third-order valence-corrected chi connectivity index (χ3v) is 4.32. The Morgan fingerprint density at radius 2 is 2.19 bits per heavy atom. The van der Waals surface area contributed by atoms with E-state index in [-0.39, 0.29) is 23.2 Å². The molecule has 0 radical (unpaired) electrons. The van der Waals surface area contributed by atoms with Crippen molar-refractivity contribution in [1.82, 2.24) is 15.1 Å². The van der Waals surface area contributed by atoms with Crippen molar-refractivity contribution in [2.75, 3.05) is 0 Å². The Bertz CT molecular complexity index is 696. The number of hydrogen-bond acceptors (Lipinski definition) is 4. The summed E-state index contributed by atoms with van der Waals surface area (Å²) in [5.41, 5.74) is 0.0315. The van der Waals surface area contributed by atoms with Gasteiger partial charge in [0.15, 0.2) is 0 Å². The predicted molar refractivity (Wildman–Crippen MR) is 84.0 cm³/mol. The van der Waals surface area contributed by atoms with Gasteiger partial charge < -0.3 is 5.32 Å². The van der Waals surface area contributed by atoms with Gasteiger partial charge in [0.2, 0.25) is 0 Å². The van der Waals surface area contributed by atoms with Crippen molar-refractivity contribution in [3.63, 3.8) is 0 Å². The molecule has 112 valence electrons. The molecule has 0 saturated heterocycles. The number of carbonyl (C=O) groups excluding carboxylic acids is 1. The van der Waals surface area contributed by atoms with Crippen molar-refractivity contribution in [3.8, 4) is 0 Å². The largest absolute Gasteiger partial charge is 0.343 e. The minimum absolute atomic E-state index is 0.164. The lowest BCUT2D eigenvalue weighted by Crippen LogP contribution is -2.30. The number of thiophene rings is 1. The van der Waals surface area contributed by atoms with Crippen LogP contribution >= 0.6 is 22.9 Å². The van der Waals surface area contributed by atoms with Gasteiger partial charge in [0.05, 0.1) is 10.4 Å². The lowest BCUT2D eigenvalue weighted by molar-refractivity contribution is 0.0932. The molecule has 1 amide bonds. The van der Waals surface area contributed by atoms with Gasteiger partial charge in [-0.2, -0.15) is 5.10 Å². The molecule has 2 aromatic rings. The summed E-state index contributed by atoms with van der Waals surface area (Å²) in [6.07, 6.45) is 0.780. The molecule has 1 N–H and O–H groups in total. The minimum Gasteiger partial charge on any atom is -0.343 e. The smallest absolute Gasteiger partial charge is 0.272 e. The first kappa shape index (κ1) is 15.7. The molecule has 1 atom stereocenters. The molecular weight excluding hydrogens is 310 g/mol. The number of carbonyl (C=O) groups is 1. The highest BCUT2D eigenvalue weighted by Gasteiger charge is 2.15. The third kappa shape index (κ3) is 3.92. The van der Waals surface area contributed by atoms with E-state index in [0.29, 0.717) is 10.9 Å². The maximum absolute atomic E-state index is 12.2. The summed E-state index contributed by atoms with van der Waals surface area (Å²) < 4.78 is 1.99. The van der Waals surface area contributed by atoms with E-state index in [0.717, 1.165) is 11.3 Å². The summed E-state index contributed by atoms with van der Waals surface area (Å²) in [4.78, 5) is 24.7. The highest BCUT2D eigenvalue weighted by Crippen LogP contribution is 2.26. The van der Waals surface area contributed by atoms with Gasteiger partial charge in [0, 0.05) is 17.5 Å². The number of aromatic nitrogens is 2. The number of halogens is 1. The number of hydrogen-bond donors (Lipinski definition) is 1. The second-order valence-corrected chi connectivity index (χ2v) is 6.36. The molecule has 2 aromatic heterocycles. The van der Waals surface area contributed by atoms with Gasteiger partial charge in [-0.05, 0) is 31.5 Å². The first-order valence-corrected chi connectivity index (χ1v) is 7.85. The second kappa shape index (κ2) is 6.87. The summed E-state index contributed by atoms with van der Waals surface area (Å²) in [5, 5.41) is 6.93. The molecule has 0 fully saturated rings. The third-order valence-electron chi connectivity index (χ3n) is 2.90. The van der Waals surface area contributed by atoms with E-state index in [1.54, 1.807) is 6.07 Å². The Kier molecular flexibility index (Phi) is 5.14. The van der Waals surface area contributed by atoms with Crippen LogP contribution in [0, 0.1) is 0 Å². The van der Waals surface area contributed by atoms with E-state index < -0.39 is 0 Å². The molecule has 0 aliphatic heterocycles. The maximum Gasteiger partial charge on any atom is 0.272 e. The number of amides is 1. The zero-order chi connectivity index (χ0) is 15.4. The molecule has 0 unspecified atom stereocenters. The van der Waals surface area contributed by atoms with E-state index in [9.17, 15) is 9.59 Å². The Labute approximate surface area is 131 Å². The van der Waals surface area contributed by atoms with Crippen molar-refractivity contribution < 1.29 is 4.79 Å². The maximum atomic E-state index is 12.2. The summed E-state index contributed by atoms with van der Waals surface area (Å²) >= 11 is 7.31. The Balaban J connectivity index is 2.13. The lowest BCUT2D eigenvalue weighted by Gasteiger charge is -2.12. The predicted octanol–water partition coefficient (Wildman–Crippen LogP) is 2.86. The topological polar surface area (TPSA) is 64.0 Å². The monoisotopic (exact) mass is 325 g/mol. The molecule has 0 bridgehead atoms. The highest BCUT2D eigenvalue weighted by atomic mass is 35.5. The SMILES string of the molecule is CCCn1nc(C(=O)N[C@H](C)c2ccc(Cl)s2)ccc1=O. The van der Waals surface area contributed by atoms with Crippen LogP contribution in [0.15, 0.2) is 29.1 Å². The Morgan fingerprint density at radius 1 is 1.43 bits per heavy atom. The summed E-state index contributed by atoms with van der Waals surface area (Å²) in [6, 6.07) is 6.32. The van der Waals surface area contributed by atoms with Gasteiger partial charge in [-0.25, -0.2) is 4.68 Å². The van der Waals surface area contributed by atoms with Crippen LogP contribution in [0.1, 0.15) is 41.7 Å². The molecule has 0 aliphatic rings. The average molecular weight is 326 g/mol. The summed E-state index contributed by atoms with van der Waals surface area (Å²) in [7, 11) is 0. The number of nitrogens with one attached hydrogen (secondary N) is 1. The normalized spacial score (nSPS) is 12.1. The van der Waals surface area contributed by atoms with Crippen LogP contribution in [-0.2, 0) is 6.54 Å². The van der Waals surface area contributed by atoms with Gasteiger partial charge in [0.25, 0.3) is 11.5 Å². The van der Waals surface area contributed by atoms with E-state index in [1.165, 1.54) is 28.2 Å². The molecule has 2 rings (SSSR count). The molecular formula is C14H16ClN3O2S. The van der Waals surface area contributed by atoms with Crippen molar-refractivity contribution in [2.24, 2.45) is 0 Å². The van der Waals surface area contributed by atoms with Crippen molar-refractivity contribution >= 4 is 28.8 Å². The van der Waals surface area contributed by atoms with Gasteiger partial charge in [-0.15, -0.1) is 11.3 Å². The van der Waals surface area contributed by atoms with Crippen molar-refractivity contribution in [2.45, 2.75) is 32.9 Å². The van der Waals surface area contributed by atoms with Crippen LogP contribution in [0.25, 0.3) is 0 Å². The van der Waals surface area contributed by atoms with Crippen LogP contribution in [0.2, 0.25) is 4.34 Å². The molecule has 5 nitrogen and oxygen atoms in total. The number of rotatable bonds is 5. The first-order valence-electron chi connectivity index (χ1n) is 6.65. The lowest BCUT2D eigenvalue weighted by atomic mass is 10.2. The van der Waals surface area contributed by atoms with Crippen LogP contribution in [0.4, 0.5) is 0 Å². The highest BCUT2D eigenvalue weighted by molar-refractivity contribution is 7.16. The first-order chi connectivity index (χ1) is 10.0. The van der Waals surface area contributed by atoms with E-state index in [4.69, 9.17) is 11.6 Å². The Hall–Kier alpha value is -1.66. The van der Waals surface area contributed by atoms with Gasteiger partial charge >= 0.3 is 0 Å². The molecule has 0 saturated carbocycles. The van der Waals surface area contributed by atoms with Gasteiger partial charge in [0.1, 0.15) is 5.69 Å². The Morgan fingerprint density at radius 3 is 2.81 bits per heavy atom. The van der Waals surface area contributed by atoms with Crippen LogP contribution < -0.4 is 10.9 Å². The molecule has 21 heavy (non-hydrogen) atoms. The summed E-state index contributed by atoms with van der Waals surface area (Å²) in [5.74, 6) is -0.308. The molecule has 0 aliphatic carbocycles. The molecule has 0 aromatic carbocycles. The van der Waals surface area contributed by atoms with Gasteiger partial charge in [-0.1, -0.05) is 18.5 Å². The van der Waals surface area contributed by atoms with E-state index in [1.807, 2.05) is 19.9 Å². The molecule has 2 heterocycles. The molecule has 0 spiro atoms. The standard InChI is InChI=1S/C14H16ClN3O2S/c1-3-8-18-13(19)7-4-10(17-18)14(20)16-9(2)11-5-6-12(15)21-11/h4-7,9H,3,8H2,1-2H3,(H,16,20)/t9-/m1/s1. The zero-order valence-electron chi connectivity index (χ0n) is 11.8.